The first-order valence-electron chi connectivity index (χ1n) is 4.01. The summed E-state index contributed by atoms with van der Waals surface area (Å²) in [5.41, 5.74) is 6.97. The minimum absolute atomic E-state index is 0.193. The lowest BCUT2D eigenvalue weighted by molar-refractivity contribution is 0.476. The standard InChI is InChI=1S/C9H16N2/c1-9(2,5-6-10)8-4-3-7-11-8/h3-4,7,11H,5-6,10H2,1-2H3. The smallest absolute Gasteiger partial charge is 0.0204 e. The van der Waals surface area contributed by atoms with Gasteiger partial charge in [-0.2, -0.15) is 0 Å². The van der Waals surface area contributed by atoms with Gasteiger partial charge in [-0.25, -0.2) is 0 Å². The molecule has 62 valence electrons. The van der Waals surface area contributed by atoms with Crippen molar-refractivity contribution in [1.82, 2.24) is 4.98 Å². The van der Waals surface area contributed by atoms with Gasteiger partial charge in [-0.15, -0.1) is 0 Å². The molecule has 1 rings (SSSR count). The Kier molecular flexibility index (Phi) is 2.35. The summed E-state index contributed by atoms with van der Waals surface area (Å²) in [5, 5.41) is 0. The summed E-state index contributed by atoms with van der Waals surface area (Å²) in [6, 6.07) is 4.13. The summed E-state index contributed by atoms with van der Waals surface area (Å²) >= 11 is 0. The maximum Gasteiger partial charge on any atom is 0.0204 e. The fraction of sp³-hybridized carbons (Fsp3) is 0.556. The van der Waals surface area contributed by atoms with E-state index < -0.39 is 0 Å². The van der Waals surface area contributed by atoms with E-state index in [0.29, 0.717) is 0 Å². The molecule has 2 nitrogen and oxygen atoms in total. The van der Waals surface area contributed by atoms with Crippen LogP contribution in [0.4, 0.5) is 0 Å². The normalized spacial score (nSPS) is 11.9. The van der Waals surface area contributed by atoms with E-state index in [1.54, 1.807) is 0 Å². The number of nitrogens with one attached hydrogen (secondary N) is 1. The largest absolute Gasteiger partial charge is 0.365 e. The van der Waals surface area contributed by atoms with Crippen LogP contribution in [0.5, 0.6) is 0 Å². The molecule has 2 heteroatoms. The molecule has 0 aromatic carbocycles. The van der Waals surface area contributed by atoms with Crippen LogP contribution >= 0.6 is 0 Å². The molecule has 0 radical (unpaired) electrons. The van der Waals surface area contributed by atoms with Gasteiger partial charge in [-0.3, -0.25) is 0 Å². The lowest BCUT2D eigenvalue weighted by Crippen LogP contribution is -2.21. The highest BCUT2D eigenvalue weighted by Gasteiger charge is 2.19. The van der Waals surface area contributed by atoms with Crippen LogP contribution in [0.2, 0.25) is 0 Å². The van der Waals surface area contributed by atoms with Gasteiger partial charge < -0.3 is 10.7 Å². The zero-order valence-corrected chi connectivity index (χ0v) is 7.22. The van der Waals surface area contributed by atoms with Crippen LogP contribution in [0.3, 0.4) is 0 Å². The highest BCUT2D eigenvalue weighted by atomic mass is 14.7. The average Bonchev–Trinajstić information content (AvgIpc) is 2.37. The first-order chi connectivity index (χ1) is 5.17. The van der Waals surface area contributed by atoms with Gasteiger partial charge in [0, 0.05) is 17.3 Å². The van der Waals surface area contributed by atoms with Crippen LogP contribution in [-0.2, 0) is 5.41 Å². The second-order valence-electron chi connectivity index (χ2n) is 3.51. The zero-order chi connectivity index (χ0) is 8.32. The molecule has 0 fully saturated rings. The Morgan fingerprint density at radius 3 is 2.73 bits per heavy atom. The molecular weight excluding hydrogens is 136 g/mol. The van der Waals surface area contributed by atoms with Crippen LogP contribution in [0.15, 0.2) is 18.3 Å². The Labute approximate surface area is 67.8 Å². The second-order valence-corrected chi connectivity index (χ2v) is 3.51. The van der Waals surface area contributed by atoms with Crippen molar-refractivity contribution in [3.8, 4) is 0 Å². The topological polar surface area (TPSA) is 41.8 Å². The summed E-state index contributed by atoms with van der Waals surface area (Å²) in [4.78, 5) is 3.21. The zero-order valence-electron chi connectivity index (χ0n) is 7.22. The molecular formula is C9H16N2. The van der Waals surface area contributed by atoms with Crippen molar-refractivity contribution in [3.63, 3.8) is 0 Å². The molecule has 0 spiro atoms. The van der Waals surface area contributed by atoms with Gasteiger partial charge in [0.25, 0.3) is 0 Å². The van der Waals surface area contributed by atoms with E-state index >= 15 is 0 Å². The lowest BCUT2D eigenvalue weighted by Gasteiger charge is -2.22. The van der Waals surface area contributed by atoms with Crippen LogP contribution in [0, 0.1) is 0 Å². The van der Waals surface area contributed by atoms with Crippen molar-refractivity contribution in [2.75, 3.05) is 6.54 Å². The first-order valence-corrected chi connectivity index (χ1v) is 4.01. The SMILES string of the molecule is CC(C)(CCN)c1ccc[nH]1. The molecule has 0 amide bonds. The Hall–Kier alpha value is -0.760. The van der Waals surface area contributed by atoms with E-state index in [4.69, 9.17) is 5.73 Å². The van der Waals surface area contributed by atoms with E-state index in [0.717, 1.165) is 13.0 Å². The molecule has 0 aliphatic rings. The molecule has 0 saturated carbocycles. The molecule has 0 aliphatic carbocycles. The second kappa shape index (κ2) is 3.09. The number of aromatic nitrogens is 1. The number of rotatable bonds is 3. The Balaban J connectivity index is 2.73. The average molecular weight is 152 g/mol. The molecule has 0 aliphatic heterocycles. The van der Waals surface area contributed by atoms with Gasteiger partial charge >= 0.3 is 0 Å². The predicted octanol–water partition coefficient (Wildman–Crippen LogP) is 1.64. The van der Waals surface area contributed by atoms with Crippen LogP contribution in [0.25, 0.3) is 0 Å². The van der Waals surface area contributed by atoms with Crippen molar-refractivity contribution in [2.45, 2.75) is 25.7 Å². The number of aromatic amines is 1. The van der Waals surface area contributed by atoms with Gasteiger partial charge in [0.15, 0.2) is 0 Å². The van der Waals surface area contributed by atoms with Gasteiger partial charge in [-0.1, -0.05) is 13.8 Å². The highest BCUT2D eigenvalue weighted by molar-refractivity contribution is 5.14. The monoisotopic (exact) mass is 152 g/mol. The van der Waals surface area contributed by atoms with Crippen molar-refractivity contribution in [3.05, 3.63) is 24.0 Å². The van der Waals surface area contributed by atoms with Crippen molar-refractivity contribution < 1.29 is 0 Å². The van der Waals surface area contributed by atoms with E-state index in [1.807, 2.05) is 12.3 Å². The van der Waals surface area contributed by atoms with E-state index in [2.05, 4.69) is 24.9 Å². The third-order valence-corrected chi connectivity index (χ3v) is 2.10. The molecule has 11 heavy (non-hydrogen) atoms. The van der Waals surface area contributed by atoms with Gasteiger partial charge in [-0.05, 0) is 25.1 Å². The van der Waals surface area contributed by atoms with Crippen LogP contribution in [-0.4, -0.2) is 11.5 Å². The van der Waals surface area contributed by atoms with Crippen molar-refractivity contribution in [1.29, 1.82) is 0 Å². The number of hydrogen-bond donors (Lipinski definition) is 2. The molecule has 1 aromatic rings. The number of H-pyrrole nitrogens is 1. The summed E-state index contributed by atoms with van der Waals surface area (Å²) < 4.78 is 0. The van der Waals surface area contributed by atoms with Gasteiger partial charge in [0.1, 0.15) is 0 Å². The molecule has 3 N–H and O–H groups in total. The molecule has 1 heterocycles. The quantitative estimate of drug-likeness (QED) is 0.679. The van der Waals surface area contributed by atoms with E-state index in [9.17, 15) is 0 Å². The first kappa shape index (κ1) is 8.34. The molecule has 0 unspecified atom stereocenters. The third-order valence-electron chi connectivity index (χ3n) is 2.10. The van der Waals surface area contributed by atoms with E-state index in [1.165, 1.54) is 5.69 Å². The molecule has 0 bridgehead atoms. The minimum atomic E-state index is 0.193. The molecule has 1 aromatic heterocycles. The number of nitrogens with two attached hydrogens (primary N) is 1. The van der Waals surface area contributed by atoms with Crippen molar-refractivity contribution >= 4 is 0 Å². The third kappa shape index (κ3) is 1.84. The summed E-state index contributed by atoms with van der Waals surface area (Å²) in [6.45, 7) is 5.14. The maximum atomic E-state index is 5.51. The van der Waals surface area contributed by atoms with Crippen LogP contribution in [0.1, 0.15) is 26.0 Å². The van der Waals surface area contributed by atoms with Crippen molar-refractivity contribution in [2.24, 2.45) is 5.73 Å². The summed E-state index contributed by atoms with van der Waals surface area (Å²) in [5.74, 6) is 0. The lowest BCUT2D eigenvalue weighted by atomic mass is 9.86. The Morgan fingerprint density at radius 2 is 2.27 bits per heavy atom. The fourth-order valence-corrected chi connectivity index (χ4v) is 1.25. The van der Waals surface area contributed by atoms with Gasteiger partial charge in [0.05, 0.1) is 0 Å². The van der Waals surface area contributed by atoms with E-state index in [-0.39, 0.29) is 5.41 Å². The van der Waals surface area contributed by atoms with Crippen LogP contribution < -0.4 is 5.73 Å². The Bertz CT molecular complexity index is 199. The maximum absolute atomic E-state index is 5.51. The highest BCUT2D eigenvalue weighted by Crippen LogP contribution is 2.24. The molecule has 0 atom stereocenters. The Morgan fingerprint density at radius 1 is 1.55 bits per heavy atom. The fourth-order valence-electron chi connectivity index (χ4n) is 1.25. The summed E-state index contributed by atoms with van der Waals surface area (Å²) in [7, 11) is 0. The van der Waals surface area contributed by atoms with Gasteiger partial charge in [0.2, 0.25) is 0 Å². The predicted molar refractivity (Wildman–Crippen MR) is 47.5 cm³/mol. The number of hydrogen-bond acceptors (Lipinski definition) is 1. The molecule has 0 saturated heterocycles. The minimum Gasteiger partial charge on any atom is -0.365 e. The summed E-state index contributed by atoms with van der Waals surface area (Å²) in [6.07, 6.45) is 2.97.